The number of aromatic nitrogens is 2. The summed E-state index contributed by atoms with van der Waals surface area (Å²) in [6, 6.07) is 6.10. The largest absolute Gasteiger partial charge is 0.362 e. The van der Waals surface area contributed by atoms with E-state index in [1.807, 2.05) is 23.9 Å². The summed E-state index contributed by atoms with van der Waals surface area (Å²) in [7, 11) is 3.93. The maximum absolute atomic E-state index is 13.0. The Hall–Kier alpha value is -2.50. The van der Waals surface area contributed by atoms with E-state index >= 15 is 0 Å². The number of amides is 1. The Balaban J connectivity index is 1.71. The first-order chi connectivity index (χ1) is 11.5. The highest BCUT2D eigenvalue weighted by atomic mass is 19.1. The third kappa shape index (κ3) is 3.53. The van der Waals surface area contributed by atoms with Crippen LogP contribution in [0.25, 0.3) is 0 Å². The van der Waals surface area contributed by atoms with Crippen molar-refractivity contribution in [3.05, 3.63) is 53.2 Å². The number of anilines is 1. The molecule has 1 amide bonds. The molecule has 1 aliphatic rings. The molecule has 126 valence electrons. The number of hydrogen-bond donors (Lipinski definition) is 0. The minimum Gasteiger partial charge on any atom is -0.362 e. The van der Waals surface area contributed by atoms with Gasteiger partial charge in [-0.05, 0) is 24.1 Å². The fourth-order valence-corrected chi connectivity index (χ4v) is 3.03. The van der Waals surface area contributed by atoms with Crippen LogP contribution in [0.4, 0.5) is 10.2 Å². The van der Waals surface area contributed by atoms with Gasteiger partial charge in [0.25, 0.3) is 0 Å². The average molecular weight is 328 g/mol. The van der Waals surface area contributed by atoms with E-state index in [9.17, 15) is 9.18 Å². The molecule has 0 radical (unpaired) electrons. The monoisotopic (exact) mass is 328 g/mol. The summed E-state index contributed by atoms with van der Waals surface area (Å²) in [6.07, 6.45) is 3.36. The third-order valence-corrected chi connectivity index (χ3v) is 4.31. The van der Waals surface area contributed by atoms with Gasteiger partial charge in [0.2, 0.25) is 5.91 Å². The summed E-state index contributed by atoms with van der Waals surface area (Å²) >= 11 is 0. The Morgan fingerprint density at radius 1 is 1.17 bits per heavy atom. The van der Waals surface area contributed by atoms with Crippen LogP contribution in [0.2, 0.25) is 0 Å². The number of nitrogens with zero attached hydrogens (tertiary/aromatic N) is 4. The van der Waals surface area contributed by atoms with Crippen molar-refractivity contribution in [3.63, 3.8) is 0 Å². The second-order valence-electron chi connectivity index (χ2n) is 6.20. The lowest BCUT2D eigenvalue weighted by Gasteiger charge is -2.20. The molecule has 2 aromatic rings. The molecule has 1 aromatic heterocycles. The minimum absolute atomic E-state index is 0.0637. The quantitative estimate of drug-likeness (QED) is 0.863. The predicted molar refractivity (Wildman–Crippen MR) is 90.5 cm³/mol. The first-order valence-corrected chi connectivity index (χ1v) is 8.07. The number of carbonyl (C=O) groups is 1. The highest BCUT2D eigenvalue weighted by Crippen LogP contribution is 2.22. The van der Waals surface area contributed by atoms with E-state index in [1.54, 1.807) is 18.5 Å². The van der Waals surface area contributed by atoms with E-state index in [1.165, 1.54) is 12.1 Å². The van der Waals surface area contributed by atoms with Gasteiger partial charge in [-0.1, -0.05) is 12.1 Å². The maximum Gasteiger partial charge on any atom is 0.227 e. The van der Waals surface area contributed by atoms with Crippen molar-refractivity contribution in [2.45, 2.75) is 19.3 Å². The van der Waals surface area contributed by atoms with E-state index < -0.39 is 0 Å². The predicted octanol–water partition coefficient (Wildman–Crippen LogP) is 1.85. The summed E-state index contributed by atoms with van der Waals surface area (Å²) < 4.78 is 13.0. The summed E-state index contributed by atoms with van der Waals surface area (Å²) in [6.45, 7) is 1.30. The van der Waals surface area contributed by atoms with E-state index in [0.717, 1.165) is 35.5 Å². The highest BCUT2D eigenvalue weighted by molar-refractivity contribution is 5.79. The van der Waals surface area contributed by atoms with Crippen molar-refractivity contribution in [2.75, 3.05) is 32.1 Å². The van der Waals surface area contributed by atoms with Gasteiger partial charge in [-0.2, -0.15) is 0 Å². The number of fused-ring (bicyclic) bond motifs is 1. The zero-order valence-corrected chi connectivity index (χ0v) is 14.0. The van der Waals surface area contributed by atoms with Crippen molar-refractivity contribution < 1.29 is 9.18 Å². The van der Waals surface area contributed by atoms with E-state index in [-0.39, 0.29) is 11.7 Å². The molecule has 24 heavy (non-hydrogen) atoms. The first-order valence-electron chi connectivity index (χ1n) is 8.07. The molecule has 1 aromatic carbocycles. The second kappa shape index (κ2) is 6.95. The molecule has 0 saturated carbocycles. The molecule has 0 fully saturated rings. The number of halogens is 1. The topological polar surface area (TPSA) is 49.3 Å². The Bertz CT molecular complexity index is 730. The molecule has 0 atom stereocenters. The maximum atomic E-state index is 13.0. The van der Waals surface area contributed by atoms with Crippen LogP contribution in [0.15, 0.2) is 30.6 Å². The molecule has 6 heteroatoms. The van der Waals surface area contributed by atoms with Gasteiger partial charge >= 0.3 is 0 Å². The van der Waals surface area contributed by atoms with Gasteiger partial charge in [0.05, 0.1) is 12.1 Å². The highest BCUT2D eigenvalue weighted by Gasteiger charge is 2.22. The zero-order valence-electron chi connectivity index (χ0n) is 14.0. The normalized spacial score (nSPS) is 14.0. The number of hydrogen-bond acceptors (Lipinski definition) is 4. The molecule has 3 rings (SSSR count). The lowest BCUT2D eigenvalue weighted by Crippen LogP contribution is -2.34. The fourth-order valence-electron chi connectivity index (χ4n) is 3.03. The smallest absolute Gasteiger partial charge is 0.227 e. The van der Waals surface area contributed by atoms with Gasteiger partial charge in [-0.3, -0.25) is 4.79 Å². The lowest BCUT2D eigenvalue weighted by atomic mass is 10.1. The molecule has 0 unspecified atom stereocenters. The summed E-state index contributed by atoms with van der Waals surface area (Å²) in [5.41, 5.74) is 2.97. The number of rotatable bonds is 3. The zero-order chi connectivity index (χ0) is 17.1. The van der Waals surface area contributed by atoms with Crippen LogP contribution < -0.4 is 4.90 Å². The third-order valence-electron chi connectivity index (χ3n) is 4.31. The molecule has 5 nitrogen and oxygen atoms in total. The van der Waals surface area contributed by atoms with Crippen LogP contribution in [-0.4, -0.2) is 48.0 Å². The minimum atomic E-state index is -0.286. The molecule has 2 heterocycles. The fraction of sp³-hybridized carbons (Fsp3) is 0.389. The molecule has 0 aliphatic carbocycles. The van der Waals surface area contributed by atoms with Crippen LogP contribution in [0.5, 0.6) is 0 Å². The van der Waals surface area contributed by atoms with Crippen LogP contribution in [0.1, 0.15) is 16.8 Å². The second-order valence-corrected chi connectivity index (χ2v) is 6.20. The molecule has 0 spiro atoms. The van der Waals surface area contributed by atoms with Gasteiger partial charge < -0.3 is 9.80 Å². The number of carbonyl (C=O) groups excluding carboxylic acids is 1. The van der Waals surface area contributed by atoms with Crippen molar-refractivity contribution in [1.29, 1.82) is 0 Å². The van der Waals surface area contributed by atoms with Crippen molar-refractivity contribution in [3.8, 4) is 0 Å². The van der Waals surface area contributed by atoms with Crippen LogP contribution in [0, 0.1) is 5.82 Å². The molecule has 0 N–H and O–H groups in total. The first kappa shape index (κ1) is 16.4. The van der Waals surface area contributed by atoms with E-state index in [0.29, 0.717) is 19.5 Å². The summed E-state index contributed by atoms with van der Waals surface area (Å²) in [4.78, 5) is 25.2. The van der Waals surface area contributed by atoms with Crippen LogP contribution >= 0.6 is 0 Å². The molecule has 0 bridgehead atoms. The van der Waals surface area contributed by atoms with Crippen molar-refractivity contribution in [2.24, 2.45) is 0 Å². The summed E-state index contributed by atoms with van der Waals surface area (Å²) in [5.74, 6) is 0.702. The average Bonchev–Trinajstić information content (AvgIpc) is 2.79. The molecule has 0 saturated heterocycles. The molecule has 1 aliphatic heterocycles. The van der Waals surface area contributed by atoms with Crippen LogP contribution in [0.3, 0.4) is 0 Å². The van der Waals surface area contributed by atoms with Gasteiger partial charge in [0.15, 0.2) is 0 Å². The van der Waals surface area contributed by atoms with Gasteiger partial charge in [0, 0.05) is 39.2 Å². The summed E-state index contributed by atoms with van der Waals surface area (Å²) in [5, 5.41) is 0. The van der Waals surface area contributed by atoms with Crippen molar-refractivity contribution in [1.82, 2.24) is 14.9 Å². The Labute approximate surface area is 141 Å². The van der Waals surface area contributed by atoms with Gasteiger partial charge in [-0.25, -0.2) is 14.4 Å². The Kier molecular flexibility index (Phi) is 4.74. The lowest BCUT2D eigenvalue weighted by molar-refractivity contribution is -0.130. The Morgan fingerprint density at radius 3 is 2.58 bits per heavy atom. The molecular formula is C18H21FN4O. The number of benzene rings is 1. The van der Waals surface area contributed by atoms with Crippen LogP contribution in [-0.2, 0) is 24.1 Å². The van der Waals surface area contributed by atoms with E-state index in [2.05, 4.69) is 9.97 Å². The molecular weight excluding hydrogens is 307 g/mol. The van der Waals surface area contributed by atoms with Crippen molar-refractivity contribution >= 4 is 11.7 Å². The Morgan fingerprint density at radius 2 is 1.88 bits per heavy atom. The van der Waals surface area contributed by atoms with E-state index in [4.69, 9.17) is 0 Å². The SMILES string of the molecule is CN(C)c1ncnc2c1CCN(C(=O)Cc1ccc(F)cc1)CC2. The standard InChI is InChI=1S/C18H21FN4O/c1-22(2)18-15-7-9-23(10-8-16(15)20-12-21-18)17(24)11-13-3-5-14(19)6-4-13/h3-6,12H,7-11H2,1-2H3. The van der Waals surface area contributed by atoms with Gasteiger partial charge in [-0.15, -0.1) is 0 Å². The van der Waals surface area contributed by atoms with Gasteiger partial charge in [0.1, 0.15) is 18.0 Å².